The molecule has 1 aliphatic carbocycles. The molecule has 5 heteroatoms. The molecule has 24 heavy (non-hydrogen) atoms. The summed E-state index contributed by atoms with van der Waals surface area (Å²) in [4.78, 5) is 15.1. The summed E-state index contributed by atoms with van der Waals surface area (Å²) in [6.45, 7) is 4.65. The molecule has 0 N–H and O–H groups in total. The van der Waals surface area contributed by atoms with E-state index in [1.165, 1.54) is 0 Å². The molecule has 3 rings (SSSR count). The van der Waals surface area contributed by atoms with E-state index in [0.29, 0.717) is 12.6 Å². The minimum Gasteiger partial charge on any atom is -0.480 e. The molecule has 1 aliphatic rings. The molecule has 1 saturated carbocycles. The Morgan fingerprint density at radius 2 is 2.04 bits per heavy atom. The van der Waals surface area contributed by atoms with Crippen LogP contribution in [0.4, 0.5) is 0 Å². The molecule has 1 aromatic carbocycles. The van der Waals surface area contributed by atoms with Gasteiger partial charge in [-0.3, -0.25) is 9.48 Å². The zero-order valence-electron chi connectivity index (χ0n) is 14.6. The lowest BCUT2D eigenvalue weighted by Gasteiger charge is -2.29. The molecular weight excluding hydrogens is 302 g/mol. The largest absolute Gasteiger partial charge is 0.480 e. The summed E-state index contributed by atoms with van der Waals surface area (Å²) >= 11 is 0. The maximum Gasteiger partial charge on any atom is 0.264 e. The van der Waals surface area contributed by atoms with Gasteiger partial charge in [-0.25, -0.2) is 0 Å². The molecule has 0 spiro atoms. The average Bonchev–Trinajstić information content (AvgIpc) is 3.33. The Kier molecular flexibility index (Phi) is 4.88. The number of ether oxygens (including phenoxy) is 1. The first-order valence-corrected chi connectivity index (χ1v) is 8.54. The van der Waals surface area contributed by atoms with Gasteiger partial charge in [-0.15, -0.1) is 0 Å². The lowest BCUT2D eigenvalue weighted by Crippen LogP contribution is -2.45. The maximum absolute atomic E-state index is 13.2. The zero-order valence-corrected chi connectivity index (χ0v) is 14.6. The number of rotatable bonds is 7. The van der Waals surface area contributed by atoms with E-state index in [1.54, 1.807) is 4.68 Å². The van der Waals surface area contributed by atoms with Gasteiger partial charge >= 0.3 is 0 Å². The summed E-state index contributed by atoms with van der Waals surface area (Å²) < 4.78 is 7.80. The van der Waals surface area contributed by atoms with Crippen molar-refractivity contribution in [3.63, 3.8) is 0 Å². The Balaban J connectivity index is 1.76. The molecule has 1 atom stereocenters. The molecule has 0 unspecified atom stereocenters. The molecule has 1 heterocycles. The summed E-state index contributed by atoms with van der Waals surface area (Å²) in [5, 5.41) is 4.20. The maximum atomic E-state index is 13.2. The van der Waals surface area contributed by atoms with Crippen LogP contribution < -0.4 is 4.74 Å². The van der Waals surface area contributed by atoms with Gasteiger partial charge in [0.25, 0.3) is 5.91 Å². The van der Waals surface area contributed by atoms with Crippen molar-refractivity contribution < 1.29 is 9.53 Å². The van der Waals surface area contributed by atoms with Crippen LogP contribution in [0.25, 0.3) is 0 Å². The first-order valence-electron chi connectivity index (χ1n) is 8.54. The smallest absolute Gasteiger partial charge is 0.264 e. The van der Waals surface area contributed by atoms with Gasteiger partial charge in [-0.05, 0) is 30.9 Å². The van der Waals surface area contributed by atoms with Gasteiger partial charge in [-0.1, -0.05) is 32.0 Å². The second kappa shape index (κ2) is 7.07. The van der Waals surface area contributed by atoms with Crippen molar-refractivity contribution in [3.05, 3.63) is 48.3 Å². The van der Waals surface area contributed by atoms with E-state index in [-0.39, 0.29) is 11.8 Å². The number of carbonyl (C=O) groups is 1. The SMILES string of the molecule is CC(C)[C@@H](Oc1ccccc1)C(=O)N(Cc1cnn(C)c1)C1CC1. The standard InChI is InChI=1S/C19H25N3O2/c1-14(2)18(24-17-7-5-4-6-8-17)19(23)22(16-9-10-16)13-15-11-20-21(3)12-15/h4-8,11-12,14,16,18H,9-10,13H2,1-3H3/t18-/m1/s1. The summed E-state index contributed by atoms with van der Waals surface area (Å²) in [6.07, 6.45) is 5.46. The highest BCUT2D eigenvalue weighted by Crippen LogP contribution is 2.30. The van der Waals surface area contributed by atoms with Gasteiger partial charge in [-0.2, -0.15) is 5.10 Å². The minimum absolute atomic E-state index is 0.0696. The zero-order chi connectivity index (χ0) is 17.1. The minimum atomic E-state index is -0.468. The Hall–Kier alpha value is -2.30. The number of para-hydroxylation sites is 1. The van der Waals surface area contributed by atoms with Crippen LogP contribution in [0, 0.1) is 5.92 Å². The van der Waals surface area contributed by atoms with Crippen molar-refractivity contribution in [1.82, 2.24) is 14.7 Å². The molecule has 2 aromatic rings. The number of aromatic nitrogens is 2. The van der Waals surface area contributed by atoms with Crippen LogP contribution in [-0.4, -0.2) is 32.7 Å². The molecule has 1 aromatic heterocycles. The fourth-order valence-corrected chi connectivity index (χ4v) is 2.80. The van der Waals surface area contributed by atoms with Crippen LogP contribution in [0.15, 0.2) is 42.7 Å². The van der Waals surface area contributed by atoms with Gasteiger partial charge < -0.3 is 9.64 Å². The second-order valence-electron chi connectivity index (χ2n) is 6.82. The highest BCUT2D eigenvalue weighted by Gasteiger charge is 2.38. The molecule has 0 aliphatic heterocycles. The number of amides is 1. The van der Waals surface area contributed by atoms with Crippen molar-refractivity contribution in [2.24, 2.45) is 13.0 Å². The van der Waals surface area contributed by atoms with E-state index in [9.17, 15) is 4.79 Å². The third-order valence-corrected chi connectivity index (χ3v) is 4.24. The van der Waals surface area contributed by atoms with Crippen molar-refractivity contribution in [3.8, 4) is 5.75 Å². The second-order valence-corrected chi connectivity index (χ2v) is 6.82. The number of aryl methyl sites for hydroxylation is 1. The highest BCUT2D eigenvalue weighted by atomic mass is 16.5. The Bertz CT molecular complexity index is 677. The van der Waals surface area contributed by atoms with E-state index >= 15 is 0 Å². The molecule has 1 fully saturated rings. The summed E-state index contributed by atoms with van der Waals surface area (Å²) in [5.74, 6) is 0.912. The molecular formula is C19H25N3O2. The van der Waals surface area contributed by atoms with E-state index < -0.39 is 6.10 Å². The predicted octanol–water partition coefficient (Wildman–Crippen LogP) is 3.01. The fourth-order valence-electron chi connectivity index (χ4n) is 2.80. The van der Waals surface area contributed by atoms with Gasteiger partial charge in [0, 0.05) is 31.4 Å². The van der Waals surface area contributed by atoms with Gasteiger partial charge in [0.15, 0.2) is 6.10 Å². The van der Waals surface area contributed by atoms with Crippen molar-refractivity contribution >= 4 is 5.91 Å². The Morgan fingerprint density at radius 1 is 1.33 bits per heavy atom. The number of benzene rings is 1. The fraction of sp³-hybridized carbons (Fsp3) is 0.474. The molecule has 0 saturated heterocycles. The van der Waals surface area contributed by atoms with E-state index in [4.69, 9.17) is 4.74 Å². The van der Waals surface area contributed by atoms with E-state index in [1.807, 2.05) is 68.5 Å². The monoisotopic (exact) mass is 327 g/mol. The topological polar surface area (TPSA) is 47.4 Å². The van der Waals surface area contributed by atoms with Crippen LogP contribution in [0.2, 0.25) is 0 Å². The third-order valence-electron chi connectivity index (χ3n) is 4.24. The molecule has 0 radical (unpaired) electrons. The van der Waals surface area contributed by atoms with Crippen molar-refractivity contribution in [1.29, 1.82) is 0 Å². The Labute approximate surface area is 143 Å². The summed E-state index contributed by atoms with van der Waals surface area (Å²) in [7, 11) is 1.89. The van der Waals surface area contributed by atoms with Gasteiger partial charge in [0.1, 0.15) is 5.75 Å². The van der Waals surface area contributed by atoms with Crippen LogP contribution >= 0.6 is 0 Å². The number of nitrogens with zero attached hydrogens (tertiary/aromatic N) is 3. The van der Waals surface area contributed by atoms with Gasteiger partial charge in [0.2, 0.25) is 0 Å². The molecule has 128 valence electrons. The molecule has 0 bridgehead atoms. The van der Waals surface area contributed by atoms with Crippen LogP contribution in [-0.2, 0) is 18.4 Å². The summed E-state index contributed by atoms with van der Waals surface area (Å²) in [5.41, 5.74) is 1.06. The number of hydrogen-bond acceptors (Lipinski definition) is 3. The number of hydrogen-bond donors (Lipinski definition) is 0. The van der Waals surface area contributed by atoms with Crippen molar-refractivity contribution in [2.45, 2.75) is 45.4 Å². The van der Waals surface area contributed by atoms with Crippen LogP contribution in [0.1, 0.15) is 32.3 Å². The first-order chi connectivity index (χ1) is 11.5. The molecule has 5 nitrogen and oxygen atoms in total. The normalized spacial score (nSPS) is 15.3. The Morgan fingerprint density at radius 3 is 2.58 bits per heavy atom. The van der Waals surface area contributed by atoms with Crippen LogP contribution in [0.5, 0.6) is 5.75 Å². The lowest BCUT2D eigenvalue weighted by molar-refractivity contribution is -0.142. The van der Waals surface area contributed by atoms with Crippen LogP contribution in [0.3, 0.4) is 0 Å². The first kappa shape index (κ1) is 16.6. The van der Waals surface area contributed by atoms with E-state index in [2.05, 4.69) is 5.10 Å². The van der Waals surface area contributed by atoms with E-state index in [0.717, 1.165) is 24.2 Å². The summed E-state index contributed by atoms with van der Waals surface area (Å²) in [6, 6.07) is 9.91. The highest BCUT2D eigenvalue weighted by molar-refractivity contribution is 5.82. The lowest BCUT2D eigenvalue weighted by atomic mass is 10.1. The average molecular weight is 327 g/mol. The number of carbonyl (C=O) groups excluding carboxylic acids is 1. The van der Waals surface area contributed by atoms with Gasteiger partial charge in [0.05, 0.1) is 6.20 Å². The predicted molar refractivity (Wildman–Crippen MR) is 92.5 cm³/mol. The van der Waals surface area contributed by atoms with Crippen molar-refractivity contribution in [2.75, 3.05) is 0 Å². The quantitative estimate of drug-likeness (QED) is 0.785. The molecule has 1 amide bonds. The third kappa shape index (κ3) is 3.96.